The standard InChI is InChI=1S/C36H44N2/c1-2-3-4-5-6-7-34(26-30-12-8-28(9-13-30)24-32-16-20-35(37)21-17-32)27-31-14-10-29(11-15-31)25-33-18-22-36(38)23-19-33/h8-23,34H,2-7,24-27,37-38H2,1H3. The molecule has 0 heterocycles. The molecule has 38 heavy (non-hydrogen) atoms. The number of hydrogen-bond acceptors (Lipinski definition) is 2. The number of nitrogens with two attached hydrogens (primary N) is 2. The summed E-state index contributed by atoms with van der Waals surface area (Å²) in [6, 6.07) is 35.0. The second-order valence-electron chi connectivity index (χ2n) is 10.9. The highest BCUT2D eigenvalue weighted by Crippen LogP contribution is 2.23. The third-order valence-electron chi connectivity index (χ3n) is 7.59. The van der Waals surface area contributed by atoms with Crippen LogP contribution in [0.15, 0.2) is 97.1 Å². The summed E-state index contributed by atoms with van der Waals surface area (Å²) in [5, 5.41) is 0. The molecule has 0 saturated carbocycles. The van der Waals surface area contributed by atoms with Gasteiger partial charge in [0.1, 0.15) is 0 Å². The molecule has 0 radical (unpaired) electrons. The Hall–Kier alpha value is -3.52. The molecule has 0 fully saturated rings. The van der Waals surface area contributed by atoms with E-state index >= 15 is 0 Å². The topological polar surface area (TPSA) is 52.0 Å². The van der Waals surface area contributed by atoms with Crippen molar-refractivity contribution in [1.82, 2.24) is 0 Å². The Morgan fingerprint density at radius 1 is 0.447 bits per heavy atom. The maximum Gasteiger partial charge on any atom is 0.0314 e. The van der Waals surface area contributed by atoms with Crippen molar-refractivity contribution in [3.05, 3.63) is 130 Å². The lowest BCUT2D eigenvalue weighted by Gasteiger charge is -2.18. The zero-order valence-corrected chi connectivity index (χ0v) is 23.0. The number of benzene rings is 4. The van der Waals surface area contributed by atoms with Crippen molar-refractivity contribution in [1.29, 1.82) is 0 Å². The average molecular weight is 505 g/mol. The average Bonchev–Trinajstić information content (AvgIpc) is 2.93. The maximum atomic E-state index is 5.84. The molecule has 4 aromatic rings. The third kappa shape index (κ3) is 9.10. The number of rotatable bonds is 14. The number of anilines is 2. The van der Waals surface area contributed by atoms with E-state index in [1.54, 1.807) is 0 Å². The minimum atomic E-state index is 0.669. The second kappa shape index (κ2) is 14.4. The first kappa shape index (κ1) is 27.5. The summed E-state index contributed by atoms with van der Waals surface area (Å²) in [5.41, 5.74) is 21.5. The molecule has 0 saturated heterocycles. The van der Waals surface area contributed by atoms with Gasteiger partial charge in [-0.1, -0.05) is 112 Å². The van der Waals surface area contributed by atoms with Gasteiger partial charge < -0.3 is 11.5 Å². The Balaban J connectivity index is 1.36. The van der Waals surface area contributed by atoms with Gasteiger partial charge in [0.15, 0.2) is 0 Å². The molecule has 2 heteroatoms. The highest BCUT2D eigenvalue weighted by molar-refractivity contribution is 5.42. The van der Waals surface area contributed by atoms with Crippen LogP contribution in [0.25, 0.3) is 0 Å². The van der Waals surface area contributed by atoms with E-state index in [9.17, 15) is 0 Å². The largest absolute Gasteiger partial charge is 0.399 e. The second-order valence-corrected chi connectivity index (χ2v) is 10.9. The van der Waals surface area contributed by atoms with Gasteiger partial charge in [0.05, 0.1) is 0 Å². The van der Waals surface area contributed by atoms with Gasteiger partial charge in [-0.2, -0.15) is 0 Å². The quantitative estimate of drug-likeness (QED) is 0.133. The first-order valence-electron chi connectivity index (χ1n) is 14.4. The van der Waals surface area contributed by atoms with Crippen LogP contribution < -0.4 is 11.5 Å². The minimum Gasteiger partial charge on any atom is -0.399 e. The first-order chi connectivity index (χ1) is 18.6. The van der Waals surface area contributed by atoms with Gasteiger partial charge in [0.25, 0.3) is 0 Å². The molecule has 0 aromatic heterocycles. The van der Waals surface area contributed by atoms with Gasteiger partial charge in [0, 0.05) is 11.4 Å². The van der Waals surface area contributed by atoms with Crippen molar-refractivity contribution < 1.29 is 0 Å². The Morgan fingerprint density at radius 2 is 0.789 bits per heavy atom. The summed E-state index contributed by atoms with van der Waals surface area (Å²) < 4.78 is 0. The van der Waals surface area contributed by atoms with E-state index < -0.39 is 0 Å². The lowest BCUT2D eigenvalue weighted by Crippen LogP contribution is -2.09. The van der Waals surface area contributed by atoms with Crippen molar-refractivity contribution in [2.75, 3.05) is 11.5 Å². The van der Waals surface area contributed by atoms with Crippen molar-refractivity contribution in [3.8, 4) is 0 Å². The molecule has 4 aromatic carbocycles. The van der Waals surface area contributed by atoms with Crippen LogP contribution in [-0.2, 0) is 25.7 Å². The van der Waals surface area contributed by atoms with E-state index in [0.717, 1.165) is 37.1 Å². The first-order valence-corrected chi connectivity index (χ1v) is 14.4. The molecule has 0 aliphatic carbocycles. The van der Waals surface area contributed by atoms with Crippen LogP contribution in [0.3, 0.4) is 0 Å². The number of hydrogen-bond donors (Lipinski definition) is 2. The van der Waals surface area contributed by atoms with E-state index in [1.165, 1.54) is 71.9 Å². The molecule has 2 nitrogen and oxygen atoms in total. The SMILES string of the molecule is CCCCCCCC(Cc1ccc(Cc2ccc(N)cc2)cc1)Cc1ccc(Cc2ccc(N)cc2)cc1. The number of nitrogen functional groups attached to an aromatic ring is 2. The van der Waals surface area contributed by atoms with Crippen LogP contribution >= 0.6 is 0 Å². The fourth-order valence-corrected chi connectivity index (χ4v) is 5.31. The van der Waals surface area contributed by atoms with E-state index in [4.69, 9.17) is 11.5 Å². The molecule has 0 unspecified atom stereocenters. The fraction of sp³-hybridized carbons (Fsp3) is 0.333. The van der Waals surface area contributed by atoms with Crippen LogP contribution in [-0.4, -0.2) is 0 Å². The van der Waals surface area contributed by atoms with E-state index in [2.05, 4.69) is 79.7 Å². The summed E-state index contributed by atoms with van der Waals surface area (Å²) in [7, 11) is 0. The molecule has 0 bridgehead atoms. The van der Waals surface area contributed by atoms with Crippen LogP contribution in [0.1, 0.15) is 78.8 Å². The van der Waals surface area contributed by atoms with Gasteiger partial charge in [-0.05, 0) is 95.7 Å². The zero-order valence-electron chi connectivity index (χ0n) is 23.0. The van der Waals surface area contributed by atoms with E-state index in [1.807, 2.05) is 24.3 Å². The summed E-state index contributed by atoms with van der Waals surface area (Å²) in [5.74, 6) is 0.669. The predicted molar refractivity (Wildman–Crippen MR) is 164 cm³/mol. The smallest absolute Gasteiger partial charge is 0.0314 e. The van der Waals surface area contributed by atoms with Gasteiger partial charge in [-0.25, -0.2) is 0 Å². The lowest BCUT2D eigenvalue weighted by atomic mass is 9.87. The molecule has 0 spiro atoms. The summed E-state index contributed by atoms with van der Waals surface area (Å²) in [6.45, 7) is 2.29. The third-order valence-corrected chi connectivity index (χ3v) is 7.59. The molecule has 0 amide bonds. The highest BCUT2D eigenvalue weighted by atomic mass is 14.5. The molecule has 4 N–H and O–H groups in total. The summed E-state index contributed by atoms with van der Waals surface area (Å²) in [6.07, 6.45) is 12.2. The van der Waals surface area contributed by atoms with Crippen LogP contribution in [0.5, 0.6) is 0 Å². The molecule has 0 aliphatic heterocycles. The zero-order chi connectivity index (χ0) is 26.6. The van der Waals surface area contributed by atoms with Crippen molar-refractivity contribution in [3.63, 3.8) is 0 Å². The summed E-state index contributed by atoms with van der Waals surface area (Å²) in [4.78, 5) is 0. The summed E-state index contributed by atoms with van der Waals surface area (Å²) >= 11 is 0. The van der Waals surface area contributed by atoms with Crippen molar-refractivity contribution >= 4 is 11.4 Å². The maximum absolute atomic E-state index is 5.84. The van der Waals surface area contributed by atoms with E-state index in [-0.39, 0.29) is 0 Å². The van der Waals surface area contributed by atoms with Crippen LogP contribution in [0.2, 0.25) is 0 Å². The Morgan fingerprint density at radius 3 is 1.18 bits per heavy atom. The molecular weight excluding hydrogens is 460 g/mol. The Bertz CT molecular complexity index is 1110. The van der Waals surface area contributed by atoms with Crippen molar-refractivity contribution in [2.45, 2.75) is 71.1 Å². The minimum absolute atomic E-state index is 0.669. The fourth-order valence-electron chi connectivity index (χ4n) is 5.31. The van der Waals surface area contributed by atoms with Crippen molar-refractivity contribution in [2.24, 2.45) is 5.92 Å². The lowest BCUT2D eigenvalue weighted by molar-refractivity contribution is 0.447. The van der Waals surface area contributed by atoms with Gasteiger partial charge in [0.2, 0.25) is 0 Å². The molecule has 198 valence electrons. The Kier molecular flexibility index (Phi) is 10.4. The molecule has 0 atom stereocenters. The molecule has 4 rings (SSSR count). The molecular formula is C36H44N2. The normalized spacial score (nSPS) is 11.2. The van der Waals surface area contributed by atoms with E-state index in [0.29, 0.717) is 5.92 Å². The van der Waals surface area contributed by atoms with Gasteiger partial charge in [-0.3, -0.25) is 0 Å². The highest BCUT2D eigenvalue weighted by Gasteiger charge is 2.12. The Labute approximate surface area is 230 Å². The molecule has 0 aliphatic rings. The number of unbranched alkanes of at least 4 members (excludes halogenated alkanes) is 4. The van der Waals surface area contributed by atoms with Gasteiger partial charge in [-0.15, -0.1) is 0 Å². The monoisotopic (exact) mass is 504 g/mol. The van der Waals surface area contributed by atoms with Crippen LogP contribution in [0, 0.1) is 5.92 Å². The van der Waals surface area contributed by atoms with Crippen LogP contribution in [0.4, 0.5) is 11.4 Å². The van der Waals surface area contributed by atoms with Gasteiger partial charge >= 0.3 is 0 Å². The predicted octanol–water partition coefficient (Wildman–Crippen LogP) is 8.79.